The van der Waals surface area contributed by atoms with Crippen molar-refractivity contribution in [2.75, 3.05) is 13.1 Å². The Balaban J connectivity index is -0.000000739. The molecule has 134 valence electrons. The van der Waals surface area contributed by atoms with E-state index in [1.54, 1.807) is 0 Å². The van der Waals surface area contributed by atoms with Gasteiger partial charge in [0, 0.05) is 1.43 Å². The Kier molecular flexibility index (Phi) is 19.3. The van der Waals surface area contributed by atoms with E-state index in [1.807, 2.05) is 27.7 Å². The van der Waals surface area contributed by atoms with Gasteiger partial charge in [-0.2, -0.15) is 0 Å². The fourth-order valence-electron chi connectivity index (χ4n) is 2.50. The Labute approximate surface area is 139 Å². The zero-order valence-electron chi connectivity index (χ0n) is 15.4. The quantitative estimate of drug-likeness (QED) is 0.527. The van der Waals surface area contributed by atoms with Crippen molar-refractivity contribution < 1.29 is 11.0 Å². The van der Waals surface area contributed by atoms with Gasteiger partial charge in [0.25, 0.3) is 0 Å². The van der Waals surface area contributed by atoms with Crippen LogP contribution in [0.25, 0.3) is 0 Å². The summed E-state index contributed by atoms with van der Waals surface area (Å²) in [6.45, 7) is 11.3. The largest absolute Gasteiger partial charge is 0.345 e. The summed E-state index contributed by atoms with van der Waals surface area (Å²) in [5, 5.41) is 5.93. The molecule has 4 nitrogen and oxygen atoms in total. The van der Waals surface area contributed by atoms with Crippen molar-refractivity contribution in [3.8, 4) is 0 Å². The SMILES string of the molecule is CC.CC.CCCCNCC(=O)N[C@H](C=O)C1CCCCC1.[HH]. The first kappa shape index (κ1) is 23.4. The third-order valence-electron chi connectivity index (χ3n) is 3.62. The van der Waals surface area contributed by atoms with Crippen LogP contribution < -0.4 is 10.6 Å². The molecule has 0 aromatic heterocycles. The molecule has 0 unspecified atom stereocenters. The number of unbranched alkanes of at least 4 members (excludes halogenated alkanes) is 1. The highest BCUT2D eigenvalue weighted by molar-refractivity contribution is 5.81. The van der Waals surface area contributed by atoms with Gasteiger partial charge in [-0.25, -0.2) is 0 Å². The maximum Gasteiger partial charge on any atom is 0.234 e. The second-order valence-corrected chi connectivity index (χ2v) is 5.16. The summed E-state index contributed by atoms with van der Waals surface area (Å²) in [7, 11) is 0. The van der Waals surface area contributed by atoms with E-state index in [0.29, 0.717) is 12.5 Å². The maximum atomic E-state index is 11.7. The van der Waals surface area contributed by atoms with E-state index in [0.717, 1.165) is 38.5 Å². The van der Waals surface area contributed by atoms with Crippen molar-refractivity contribution >= 4 is 12.2 Å². The van der Waals surface area contributed by atoms with Crippen molar-refractivity contribution in [1.29, 1.82) is 0 Å². The smallest absolute Gasteiger partial charge is 0.234 e. The lowest BCUT2D eigenvalue weighted by Crippen LogP contribution is -2.45. The fraction of sp³-hybridized carbons (Fsp3) is 0.889. The Bertz CT molecular complexity index is 257. The predicted octanol–water partition coefficient (Wildman–Crippen LogP) is 3.94. The van der Waals surface area contributed by atoms with Gasteiger partial charge in [0.2, 0.25) is 5.91 Å². The minimum absolute atomic E-state index is 0. The highest BCUT2D eigenvalue weighted by Crippen LogP contribution is 2.25. The molecular formula is C18H40N2O2. The van der Waals surface area contributed by atoms with Crippen LogP contribution >= 0.6 is 0 Å². The van der Waals surface area contributed by atoms with Crippen molar-refractivity contribution in [2.45, 2.75) is 85.6 Å². The van der Waals surface area contributed by atoms with Crippen LogP contribution in [0.15, 0.2) is 0 Å². The molecule has 1 aliphatic rings. The topological polar surface area (TPSA) is 58.2 Å². The molecule has 0 heterocycles. The lowest BCUT2D eigenvalue weighted by Gasteiger charge is -2.27. The van der Waals surface area contributed by atoms with Gasteiger partial charge in [-0.05, 0) is 31.7 Å². The van der Waals surface area contributed by atoms with E-state index in [1.165, 1.54) is 19.3 Å². The number of carbonyl (C=O) groups excluding carboxylic acids is 2. The van der Waals surface area contributed by atoms with Gasteiger partial charge >= 0.3 is 0 Å². The predicted molar refractivity (Wildman–Crippen MR) is 97.2 cm³/mol. The summed E-state index contributed by atoms with van der Waals surface area (Å²) in [4.78, 5) is 22.8. The lowest BCUT2D eigenvalue weighted by molar-refractivity contribution is -0.124. The van der Waals surface area contributed by atoms with Gasteiger partial charge in [0.15, 0.2) is 0 Å². The van der Waals surface area contributed by atoms with Crippen molar-refractivity contribution in [3.05, 3.63) is 0 Å². The molecule has 1 saturated carbocycles. The van der Waals surface area contributed by atoms with E-state index in [9.17, 15) is 9.59 Å². The molecule has 1 aliphatic carbocycles. The van der Waals surface area contributed by atoms with Gasteiger partial charge in [0.05, 0.1) is 12.6 Å². The van der Waals surface area contributed by atoms with Crippen molar-refractivity contribution in [3.63, 3.8) is 0 Å². The number of nitrogens with one attached hydrogen (secondary N) is 2. The van der Waals surface area contributed by atoms with E-state index < -0.39 is 0 Å². The molecular weight excluding hydrogens is 276 g/mol. The summed E-state index contributed by atoms with van der Waals surface area (Å²) >= 11 is 0. The van der Waals surface area contributed by atoms with Crippen molar-refractivity contribution in [2.24, 2.45) is 5.92 Å². The summed E-state index contributed by atoms with van der Waals surface area (Å²) in [5.74, 6) is 0.282. The molecule has 0 aromatic rings. The fourth-order valence-corrected chi connectivity index (χ4v) is 2.50. The third kappa shape index (κ3) is 11.7. The van der Waals surface area contributed by atoms with E-state index in [-0.39, 0.29) is 13.4 Å². The molecule has 0 saturated heterocycles. The summed E-state index contributed by atoms with van der Waals surface area (Å²) in [5.41, 5.74) is 0. The molecule has 0 aliphatic heterocycles. The summed E-state index contributed by atoms with van der Waals surface area (Å²) in [6, 6.07) is -0.286. The number of rotatable bonds is 8. The van der Waals surface area contributed by atoms with Crippen LogP contribution in [-0.4, -0.2) is 31.3 Å². The average Bonchev–Trinajstić information content (AvgIpc) is 2.61. The van der Waals surface area contributed by atoms with Crippen LogP contribution in [0.5, 0.6) is 0 Å². The Morgan fingerprint density at radius 2 is 1.77 bits per heavy atom. The van der Waals surface area contributed by atoms with Crippen LogP contribution in [0.4, 0.5) is 0 Å². The average molecular weight is 317 g/mol. The molecule has 1 atom stereocenters. The first-order chi connectivity index (χ1) is 10.8. The normalized spacial score (nSPS) is 15.5. The van der Waals surface area contributed by atoms with E-state index in [4.69, 9.17) is 0 Å². The summed E-state index contributed by atoms with van der Waals surface area (Å²) < 4.78 is 0. The standard InChI is InChI=1S/C14H26N2O2.2C2H6.H2/c1-2-3-9-15-10-14(18)16-13(11-17)12-7-5-4-6-8-12;2*1-2;/h11-13,15H,2-10H2,1H3,(H,16,18);2*1-2H3;1H/t13-;;;/m1.../s1. The minimum atomic E-state index is -0.286. The first-order valence-corrected chi connectivity index (χ1v) is 9.23. The van der Waals surface area contributed by atoms with Gasteiger partial charge in [0.1, 0.15) is 6.29 Å². The first-order valence-electron chi connectivity index (χ1n) is 9.23. The highest BCUT2D eigenvalue weighted by atomic mass is 16.2. The van der Waals surface area contributed by atoms with Crippen LogP contribution in [-0.2, 0) is 9.59 Å². The molecule has 1 amide bonds. The Morgan fingerprint density at radius 3 is 2.27 bits per heavy atom. The molecule has 1 rings (SSSR count). The van der Waals surface area contributed by atoms with Gasteiger partial charge in [-0.15, -0.1) is 0 Å². The van der Waals surface area contributed by atoms with Crippen LogP contribution in [0, 0.1) is 5.92 Å². The zero-order valence-corrected chi connectivity index (χ0v) is 15.4. The second kappa shape index (κ2) is 18.1. The molecule has 0 bridgehead atoms. The van der Waals surface area contributed by atoms with E-state index >= 15 is 0 Å². The molecule has 0 radical (unpaired) electrons. The minimum Gasteiger partial charge on any atom is -0.345 e. The molecule has 4 heteroatoms. The monoisotopic (exact) mass is 316 g/mol. The molecule has 0 aromatic carbocycles. The van der Waals surface area contributed by atoms with Gasteiger partial charge in [-0.3, -0.25) is 4.79 Å². The number of hydrogen-bond acceptors (Lipinski definition) is 3. The van der Waals surface area contributed by atoms with E-state index in [2.05, 4.69) is 17.6 Å². The number of carbonyl (C=O) groups is 2. The molecule has 0 spiro atoms. The molecule has 1 fully saturated rings. The van der Waals surface area contributed by atoms with Crippen LogP contribution in [0.1, 0.15) is 81.0 Å². The molecule has 22 heavy (non-hydrogen) atoms. The molecule has 2 N–H and O–H groups in total. The Morgan fingerprint density at radius 1 is 1.18 bits per heavy atom. The Hall–Kier alpha value is -0.900. The number of amides is 1. The highest BCUT2D eigenvalue weighted by Gasteiger charge is 2.24. The number of hydrogen-bond donors (Lipinski definition) is 2. The summed E-state index contributed by atoms with van der Waals surface area (Å²) in [6.07, 6.45) is 8.84. The third-order valence-corrected chi connectivity index (χ3v) is 3.62. The van der Waals surface area contributed by atoms with Crippen LogP contribution in [0.3, 0.4) is 0 Å². The van der Waals surface area contributed by atoms with Crippen molar-refractivity contribution in [1.82, 2.24) is 10.6 Å². The van der Waals surface area contributed by atoms with Gasteiger partial charge in [-0.1, -0.05) is 60.3 Å². The zero-order chi connectivity index (χ0) is 17.2. The maximum absolute atomic E-state index is 11.7. The second-order valence-electron chi connectivity index (χ2n) is 5.16. The number of aldehydes is 1. The van der Waals surface area contributed by atoms with Gasteiger partial charge < -0.3 is 15.4 Å². The van der Waals surface area contributed by atoms with Crippen LogP contribution in [0.2, 0.25) is 0 Å². The lowest BCUT2D eigenvalue weighted by atomic mass is 9.84.